The second kappa shape index (κ2) is 3.04. The fourth-order valence-corrected chi connectivity index (χ4v) is 2.13. The summed E-state index contributed by atoms with van der Waals surface area (Å²) in [6.45, 7) is 8.86. The molecule has 1 nitrogen and oxygen atoms in total. The second-order valence-corrected chi connectivity index (χ2v) is 4.43. The average Bonchev–Trinajstić information content (AvgIpc) is 2.17. The van der Waals surface area contributed by atoms with Gasteiger partial charge in [-0.15, -0.1) is 0 Å². The maximum absolute atomic E-state index is 10.4. The fraction of sp³-hybridized carbons (Fsp3) is 0.727. The lowest BCUT2D eigenvalue weighted by Gasteiger charge is -2.28. The monoisotopic (exact) mass is 166 g/mol. The van der Waals surface area contributed by atoms with Gasteiger partial charge in [0.2, 0.25) is 0 Å². The molecule has 0 aromatic heterocycles. The summed E-state index contributed by atoms with van der Waals surface area (Å²) < 4.78 is 0. The zero-order valence-corrected chi connectivity index (χ0v) is 8.48. The molecule has 1 aliphatic rings. The van der Waals surface area contributed by atoms with Crippen molar-refractivity contribution in [2.24, 2.45) is 11.3 Å². The van der Waals surface area contributed by atoms with Crippen LogP contribution in [0.1, 0.15) is 40.5 Å². The molecule has 0 amide bonds. The van der Waals surface area contributed by atoms with Crippen molar-refractivity contribution in [3.8, 4) is 0 Å². The molecule has 0 bridgehead atoms. The Hall–Kier alpha value is -0.590. The zero-order chi connectivity index (χ0) is 9.35. The Balaban J connectivity index is 2.83. The van der Waals surface area contributed by atoms with Crippen molar-refractivity contribution in [3.63, 3.8) is 0 Å². The Kier molecular flexibility index (Phi) is 2.41. The van der Waals surface area contributed by atoms with Gasteiger partial charge in [-0.05, 0) is 31.6 Å². The predicted octanol–water partition coefficient (Wildman–Crippen LogP) is 2.96. The quantitative estimate of drug-likeness (QED) is 0.455. The summed E-state index contributed by atoms with van der Waals surface area (Å²) in [4.78, 5) is 10.4. The summed E-state index contributed by atoms with van der Waals surface area (Å²) in [7, 11) is 0. The van der Waals surface area contributed by atoms with Crippen LogP contribution >= 0.6 is 0 Å². The van der Waals surface area contributed by atoms with Gasteiger partial charge < -0.3 is 4.79 Å². The van der Waals surface area contributed by atoms with Gasteiger partial charge in [-0.2, -0.15) is 0 Å². The lowest BCUT2D eigenvalue weighted by atomic mass is 9.76. The molecule has 1 aliphatic carbocycles. The van der Waals surface area contributed by atoms with Crippen LogP contribution < -0.4 is 0 Å². The van der Waals surface area contributed by atoms with Gasteiger partial charge in [0.1, 0.15) is 6.29 Å². The van der Waals surface area contributed by atoms with E-state index < -0.39 is 0 Å². The molecule has 1 unspecified atom stereocenters. The third kappa shape index (κ3) is 1.33. The van der Waals surface area contributed by atoms with Crippen LogP contribution in [0.15, 0.2) is 11.1 Å². The smallest absolute Gasteiger partial charge is 0.120 e. The summed E-state index contributed by atoms with van der Waals surface area (Å²) in [5.41, 5.74) is 3.20. The normalized spacial score (nSPS) is 27.8. The van der Waals surface area contributed by atoms with E-state index in [1.807, 2.05) is 0 Å². The van der Waals surface area contributed by atoms with E-state index in [-0.39, 0.29) is 5.41 Å². The van der Waals surface area contributed by atoms with Crippen molar-refractivity contribution in [2.45, 2.75) is 40.5 Å². The lowest BCUT2D eigenvalue weighted by Crippen LogP contribution is -2.20. The van der Waals surface area contributed by atoms with E-state index in [4.69, 9.17) is 0 Å². The molecule has 1 atom stereocenters. The topological polar surface area (TPSA) is 17.1 Å². The van der Waals surface area contributed by atoms with E-state index in [9.17, 15) is 4.79 Å². The number of aldehydes is 1. The molecule has 1 heteroatoms. The highest BCUT2D eigenvalue weighted by Crippen LogP contribution is 2.47. The van der Waals surface area contributed by atoms with E-state index >= 15 is 0 Å². The molecule has 0 spiro atoms. The highest BCUT2D eigenvalue weighted by atomic mass is 16.1. The highest BCUT2D eigenvalue weighted by molar-refractivity contribution is 5.51. The van der Waals surface area contributed by atoms with Gasteiger partial charge in [-0.3, -0.25) is 0 Å². The number of allylic oxidation sites excluding steroid dienone is 2. The first kappa shape index (κ1) is 9.50. The van der Waals surface area contributed by atoms with E-state index in [2.05, 4.69) is 27.7 Å². The highest BCUT2D eigenvalue weighted by Gasteiger charge is 2.36. The van der Waals surface area contributed by atoms with Gasteiger partial charge in [0, 0.05) is 6.42 Å². The Labute approximate surface area is 74.9 Å². The second-order valence-electron chi connectivity index (χ2n) is 4.43. The summed E-state index contributed by atoms with van der Waals surface area (Å²) in [6.07, 6.45) is 2.87. The summed E-state index contributed by atoms with van der Waals surface area (Å²) in [6, 6.07) is 0. The largest absolute Gasteiger partial charge is 0.303 e. The van der Waals surface area contributed by atoms with Crippen LogP contribution in [-0.4, -0.2) is 6.29 Å². The van der Waals surface area contributed by atoms with Crippen LogP contribution in [0.5, 0.6) is 0 Å². The van der Waals surface area contributed by atoms with Crippen LogP contribution in [-0.2, 0) is 4.79 Å². The molecule has 0 heterocycles. The van der Waals surface area contributed by atoms with Crippen molar-refractivity contribution < 1.29 is 4.79 Å². The van der Waals surface area contributed by atoms with Crippen molar-refractivity contribution in [1.29, 1.82) is 0 Å². The van der Waals surface area contributed by atoms with Gasteiger partial charge in [-0.25, -0.2) is 0 Å². The predicted molar refractivity (Wildman–Crippen MR) is 50.9 cm³/mol. The molecule has 12 heavy (non-hydrogen) atoms. The number of carbonyl (C=O) groups excluding carboxylic acids is 1. The van der Waals surface area contributed by atoms with E-state index in [0.717, 1.165) is 12.7 Å². The standard InChI is InChI=1S/C11H18O/c1-8-7-10(5-6-12)11(3,4)9(8)2/h6,10H,5,7H2,1-4H3. The number of hydrogen-bond donors (Lipinski definition) is 0. The minimum Gasteiger partial charge on any atom is -0.303 e. The lowest BCUT2D eigenvalue weighted by molar-refractivity contribution is -0.109. The van der Waals surface area contributed by atoms with Gasteiger partial charge in [0.15, 0.2) is 0 Å². The van der Waals surface area contributed by atoms with Gasteiger partial charge in [-0.1, -0.05) is 25.0 Å². The molecule has 0 radical (unpaired) electrons. The number of hydrogen-bond acceptors (Lipinski definition) is 1. The van der Waals surface area contributed by atoms with E-state index in [1.54, 1.807) is 0 Å². The van der Waals surface area contributed by atoms with Crippen LogP contribution in [0.3, 0.4) is 0 Å². The summed E-state index contributed by atoms with van der Waals surface area (Å²) >= 11 is 0. The van der Waals surface area contributed by atoms with Crippen LogP contribution in [0.2, 0.25) is 0 Å². The molecular formula is C11H18O. The van der Waals surface area contributed by atoms with Crippen LogP contribution in [0.4, 0.5) is 0 Å². The molecule has 0 N–H and O–H groups in total. The first-order valence-electron chi connectivity index (χ1n) is 4.60. The Morgan fingerprint density at radius 1 is 1.50 bits per heavy atom. The first-order valence-corrected chi connectivity index (χ1v) is 4.60. The first-order chi connectivity index (χ1) is 5.50. The molecule has 0 aromatic carbocycles. The van der Waals surface area contributed by atoms with Gasteiger partial charge in [0.25, 0.3) is 0 Å². The molecular weight excluding hydrogens is 148 g/mol. The van der Waals surface area contributed by atoms with Gasteiger partial charge in [0.05, 0.1) is 0 Å². The van der Waals surface area contributed by atoms with Crippen molar-refractivity contribution in [3.05, 3.63) is 11.1 Å². The minimum absolute atomic E-state index is 0.241. The van der Waals surface area contributed by atoms with E-state index in [0.29, 0.717) is 12.3 Å². The third-order valence-electron chi connectivity index (χ3n) is 3.56. The summed E-state index contributed by atoms with van der Waals surface area (Å²) in [5, 5.41) is 0. The van der Waals surface area contributed by atoms with Crippen LogP contribution in [0.25, 0.3) is 0 Å². The zero-order valence-electron chi connectivity index (χ0n) is 8.48. The van der Waals surface area contributed by atoms with E-state index in [1.165, 1.54) is 11.1 Å². The fourth-order valence-electron chi connectivity index (χ4n) is 2.13. The molecule has 0 aliphatic heterocycles. The number of rotatable bonds is 2. The molecule has 0 saturated heterocycles. The Morgan fingerprint density at radius 3 is 2.42 bits per heavy atom. The maximum atomic E-state index is 10.4. The van der Waals surface area contributed by atoms with Crippen molar-refractivity contribution in [2.75, 3.05) is 0 Å². The van der Waals surface area contributed by atoms with Crippen molar-refractivity contribution in [1.82, 2.24) is 0 Å². The van der Waals surface area contributed by atoms with Crippen molar-refractivity contribution >= 4 is 6.29 Å². The molecule has 1 rings (SSSR count). The van der Waals surface area contributed by atoms with Crippen LogP contribution in [0, 0.1) is 11.3 Å². The summed E-state index contributed by atoms with van der Waals surface area (Å²) in [5.74, 6) is 0.537. The maximum Gasteiger partial charge on any atom is 0.120 e. The average molecular weight is 166 g/mol. The molecule has 0 aromatic rings. The number of carbonyl (C=O) groups is 1. The Morgan fingerprint density at radius 2 is 2.08 bits per heavy atom. The molecule has 0 saturated carbocycles. The molecule has 68 valence electrons. The Bertz CT molecular complexity index is 223. The van der Waals surface area contributed by atoms with Gasteiger partial charge >= 0.3 is 0 Å². The SMILES string of the molecule is CC1=C(C)C(C)(C)C(CC=O)C1. The minimum atomic E-state index is 0.241. The third-order valence-corrected chi connectivity index (χ3v) is 3.56. The molecule has 0 fully saturated rings.